The first-order valence-corrected chi connectivity index (χ1v) is 12.3. The molecule has 0 aliphatic heterocycles. The second kappa shape index (κ2) is 9.94. The van der Waals surface area contributed by atoms with E-state index in [1.807, 2.05) is 0 Å². The summed E-state index contributed by atoms with van der Waals surface area (Å²) < 4.78 is 37.9. The van der Waals surface area contributed by atoms with Gasteiger partial charge < -0.3 is 15.2 Å². The van der Waals surface area contributed by atoms with Gasteiger partial charge in [-0.3, -0.25) is 9.35 Å². The lowest BCUT2D eigenvalue weighted by Crippen LogP contribution is -2.12. The molecule has 36 heavy (non-hydrogen) atoms. The molecule has 0 heterocycles. The van der Waals surface area contributed by atoms with Gasteiger partial charge >= 0.3 is 0 Å². The number of carbonyl (C=O) groups is 1. The molecule has 0 spiro atoms. The highest BCUT2D eigenvalue weighted by molar-refractivity contribution is 7.85. The molecule has 1 amide bonds. The number of hydrogen-bond acceptors (Lipinski definition) is 7. The van der Waals surface area contributed by atoms with Crippen molar-refractivity contribution in [3.05, 3.63) is 82.9 Å². The van der Waals surface area contributed by atoms with Crippen molar-refractivity contribution in [2.45, 2.75) is 11.8 Å². The molecule has 3 N–H and O–H groups in total. The Labute approximate surface area is 211 Å². The maximum absolute atomic E-state index is 13.0. The van der Waals surface area contributed by atoms with Crippen LogP contribution >= 0.6 is 11.6 Å². The summed E-state index contributed by atoms with van der Waals surface area (Å²) in [7, 11) is -2.99. The van der Waals surface area contributed by atoms with Gasteiger partial charge in [-0.1, -0.05) is 35.9 Å². The SMILES string of the molecule is COc1ccc(NC(=O)c2cc3ccccc3c(N=Nc3c(Cl)ccc(S(=O)(=O)O)c3C)c2O)cc1. The summed E-state index contributed by atoms with van der Waals surface area (Å²) in [6.45, 7) is 1.42. The molecule has 0 radical (unpaired) electrons. The molecule has 4 aromatic rings. The fourth-order valence-corrected chi connectivity index (χ4v) is 4.58. The van der Waals surface area contributed by atoms with E-state index in [-0.39, 0.29) is 32.4 Å². The Kier molecular flexibility index (Phi) is 6.93. The molecule has 0 aliphatic rings. The average molecular weight is 526 g/mol. The van der Waals surface area contributed by atoms with E-state index in [2.05, 4.69) is 15.5 Å². The number of azo groups is 1. The van der Waals surface area contributed by atoms with Crippen LogP contribution in [0.3, 0.4) is 0 Å². The van der Waals surface area contributed by atoms with Crippen molar-refractivity contribution in [2.75, 3.05) is 12.4 Å². The Bertz CT molecular complexity index is 1620. The predicted molar refractivity (Wildman–Crippen MR) is 137 cm³/mol. The Balaban J connectivity index is 1.80. The second-order valence-electron chi connectivity index (χ2n) is 7.72. The van der Waals surface area contributed by atoms with Gasteiger partial charge in [-0.25, -0.2) is 0 Å². The molecule has 0 bridgehead atoms. The summed E-state index contributed by atoms with van der Waals surface area (Å²) in [5.41, 5.74) is 0.490. The van der Waals surface area contributed by atoms with E-state index in [0.717, 1.165) is 6.07 Å². The number of phenols is 1. The number of carbonyl (C=O) groups excluding carboxylic acids is 1. The van der Waals surface area contributed by atoms with Crippen molar-refractivity contribution in [2.24, 2.45) is 10.2 Å². The lowest BCUT2D eigenvalue weighted by molar-refractivity contribution is 0.102. The van der Waals surface area contributed by atoms with E-state index in [4.69, 9.17) is 16.3 Å². The number of benzene rings is 4. The van der Waals surface area contributed by atoms with Crippen molar-refractivity contribution in [1.29, 1.82) is 0 Å². The van der Waals surface area contributed by atoms with E-state index >= 15 is 0 Å². The number of ether oxygens (including phenoxy) is 1. The molecule has 0 saturated heterocycles. The van der Waals surface area contributed by atoms with Crippen LogP contribution in [0.4, 0.5) is 17.1 Å². The number of nitrogens with zero attached hydrogens (tertiary/aromatic N) is 2. The van der Waals surface area contributed by atoms with Gasteiger partial charge in [-0.15, -0.1) is 10.2 Å². The van der Waals surface area contributed by atoms with Crippen molar-refractivity contribution in [3.63, 3.8) is 0 Å². The first kappa shape index (κ1) is 25.1. The van der Waals surface area contributed by atoms with Crippen molar-refractivity contribution in [3.8, 4) is 11.5 Å². The zero-order chi connectivity index (χ0) is 26.0. The first-order valence-electron chi connectivity index (χ1n) is 10.5. The number of anilines is 1. The van der Waals surface area contributed by atoms with E-state index in [0.29, 0.717) is 22.2 Å². The monoisotopic (exact) mass is 525 g/mol. The molecule has 4 aromatic carbocycles. The molecule has 9 nitrogen and oxygen atoms in total. The number of fused-ring (bicyclic) bond motifs is 1. The predicted octanol–water partition coefficient (Wildman–Crippen LogP) is 6.43. The van der Waals surface area contributed by atoms with Crippen LogP contribution in [0.2, 0.25) is 5.02 Å². The normalized spacial score (nSPS) is 11.7. The molecular formula is C25H20ClN3O6S. The zero-order valence-electron chi connectivity index (χ0n) is 19.1. The largest absolute Gasteiger partial charge is 0.505 e. The van der Waals surface area contributed by atoms with Crippen LogP contribution in [0.15, 0.2) is 81.9 Å². The van der Waals surface area contributed by atoms with Gasteiger partial charge in [-0.05, 0) is 60.3 Å². The summed E-state index contributed by atoms with van der Waals surface area (Å²) in [6.07, 6.45) is 0. The standard InChI is InChI=1S/C25H20ClN3O6S/c1-14-21(36(32,33)34)12-11-20(26)22(14)28-29-23-18-6-4-3-5-15(18)13-19(24(23)30)25(31)27-16-7-9-17(35-2)10-8-16/h3-13,30H,1-2H3,(H,27,31)(H,32,33,34). The van der Waals surface area contributed by atoms with Gasteiger partial charge in [0.15, 0.2) is 5.75 Å². The maximum atomic E-state index is 13.0. The quantitative estimate of drug-likeness (QED) is 0.196. The van der Waals surface area contributed by atoms with Gasteiger partial charge in [0.05, 0.1) is 22.6 Å². The van der Waals surface area contributed by atoms with E-state index < -0.39 is 21.8 Å². The number of hydrogen-bond donors (Lipinski definition) is 3. The van der Waals surface area contributed by atoms with E-state index in [1.165, 1.54) is 26.2 Å². The van der Waals surface area contributed by atoms with Gasteiger partial charge in [0, 0.05) is 11.1 Å². The topological polar surface area (TPSA) is 138 Å². The molecule has 0 unspecified atom stereocenters. The van der Waals surface area contributed by atoms with E-state index in [9.17, 15) is 22.9 Å². The lowest BCUT2D eigenvalue weighted by atomic mass is 10.0. The minimum absolute atomic E-state index is 0.0108. The number of amides is 1. The van der Waals surface area contributed by atoms with Crippen LogP contribution in [-0.2, 0) is 10.1 Å². The van der Waals surface area contributed by atoms with Gasteiger partial charge in [-0.2, -0.15) is 8.42 Å². The molecule has 0 atom stereocenters. The molecule has 184 valence electrons. The Morgan fingerprint density at radius 3 is 2.33 bits per heavy atom. The highest BCUT2D eigenvalue weighted by Crippen LogP contribution is 2.41. The van der Waals surface area contributed by atoms with Crippen LogP contribution < -0.4 is 10.1 Å². The molecule has 0 aromatic heterocycles. The molecule has 0 saturated carbocycles. The van der Waals surface area contributed by atoms with Crippen molar-refractivity contribution >= 4 is 55.5 Å². The molecule has 0 fully saturated rings. The van der Waals surface area contributed by atoms with Crippen LogP contribution in [0.1, 0.15) is 15.9 Å². The van der Waals surface area contributed by atoms with Crippen LogP contribution in [0, 0.1) is 6.92 Å². The fourth-order valence-electron chi connectivity index (χ4n) is 3.62. The number of aromatic hydroxyl groups is 1. The fraction of sp³-hybridized carbons (Fsp3) is 0.0800. The van der Waals surface area contributed by atoms with Gasteiger partial charge in [0.2, 0.25) is 0 Å². The highest BCUT2D eigenvalue weighted by atomic mass is 35.5. The summed E-state index contributed by atoms with van der Waals surface area (Å²) in [5, 5.41) is 23.1. The van der Waals surface area contributed by atoms with Crippen LogP contribution in [-0.4, -0.2) is 31.1 Å². The summed E-state index contributed by atoms with van der Waals surface area (Å²) in [5.74, 6) is -0.387. The second-order valence-corrected chi connectivity index (χ2v) is 9.52. The first-order chi connectivity index (χ1) is 17.1. The van der Waals surface area contributed by atoms with Gasteiger partial charge in [0.1, 0.15) is 17.1 Å². The van der Waals surface area contributed by atoms with Gasteiger partial charge in [0.25, 0.3) is 16.0 Å². The minimum Gasteiger partial charge on any atom is -0.505 e. The third-order valence-corrected chi connectivity index (χ3v) is 6.75. The zero-order valence-corrected chi connectivity index (χ0v) is 20.6. The van der Waals surface area contributed by atoms with Crippen molar-refractivity contribution < 1.29 is 27.6 Å². The van der Waals surface area contributed by atoms with Crippen LogP contribution in [0.5, 0.6) is 11.5 Å². The van der Waals surface area contributed by atoms with Crippen molar-refractivity contribution in [1.82, 2.24) is 0 Å². The molecular weight excluding hydrogens is 506 g/mol. The summed E-state index contributed by atoms with van der Waals surface area (Å²) in [6, 6.07) is 17.6. The lowest BCUT2D eigenvalue weighted by Gasteiger charge is -2.12. The molecule has 4 rings (SSSR count). The summed E-state index contributed by atoms with van der Waals surface area (Å²) >= 11 is 6.20. The Morgan fingerprint density at radius 2 is 1.67 bits per heavy atom. The third-order valence-electron chi connectivity index (χ3n) is 5.45. The number of halogens is 1. The number of phenolic OH excluding ortho intramolecular Hbond substituents is 1. The van der Waals surface area contributed by atoms with Crippen LogP contribution in [0.25, 0.3) is 10.8 Å². The number of nitrogens with one attached hydrogen (secondary N) is 1. The third kappa shape index (κ3) is 5.01. The molecule has 0 aliphatic carbocycles. The highest BCUT2D eigenvalue weighted by Gasteiger charge is 2.20. The maximum Gasteiger partial charge on any atom is 0.294 e. The number of methoxy groups -OCH3 is 1. The number of rotatable bonds is 6. The van der Waals surface area contributed by atoms with E-state index in [1.54, 1.807) is 48.5 Å². The minimum atomic E-state index is -4.52. The smallest absolute Gasteiger partial charge is 0.294 e. The molecule has 11 heteroatoms. The Morgan fingerprint density at radius 1 is 1.00 bits per heavy atom. The average Bonchev–Trinajstić information content (AvgIpc) is 2.84. The summed E-state index contributed by atoms with van der Waals surface area (Å²) in [4.78, 5) is 12.7. The Hall–Kier alpha value is -3.99.